The van der Waals surface area contributed by atoms with Crippen molar-refractivity contribution < 1.29 is 51.4 Å². The number of aliphatic hydroxyl groups is 2. The molecule has 0 radical (unpaired) electrons. The molecule has 9 rings (SSSR count). The van der Waals surface area contributed by atoms with Gasteiger partial charge in [-0.2, -0.15) is 21.0 Å². The summed E-state index contributed by atoms with van der Waals surface area (Å²) in [4.78, 5) is 45.1. The maximum absolute atomic E-state index is 14.1. The normalized spacial score (nSPS) is 20.0. The number of aliphatic hydroxyl groups excluding tert-OH is 2. The molecule has 4 aliphatic rings. The summed E-state index contributed by atoms with van der Waals surface area (Å²) in [5, 5.41) is 24.0. The van der Waals surface area contributed by atoms with Crippen LogP contribution in [0.25, 0.3) is 0 Å². The van der Waals surface area contributed by atoms with Crippen molar-refractivity contribution in [3.05, 3.63) is 141 Å². The topological polar surface area (TPSA) is 181 Å². The number of nitrogens with zero attached hydrogens (tertiary/aromatic N) is 2. The van der Waals surface area contributed by atoms with Crippen LogP contribution >= 0.6 is 12.6 Å². The molecule has 5 aromatic carbocycles. The molecule has 3 amide bonds. The van der Waals surface area contributed by atoms with Crippen molar-refractivity contribution in [1.29, 1.82) is 0 Å². The average molecular weight is 920 g/mol. The van der Waals surface area contributed by atoms with Crippen molar-refractivity contribution in [2.75, 3.05) is 35.1 Å². The second-order valence-corrected chi connectivity index (χ2v) is 19.2. The van der Waals surface area contributed by atoms with Gasteiger partial charge in [0.15, 0.2) is 16.7 Å². The van der Waals surface area contributed by atoms with E-state index in [1.165, 1.54) is 7.11 Å². The van der Waals surface area contributed by atoms with Crippen molar-refractivity contribution in [2.24, 2.45) is 0 Å². The Morgan fingerprint density at radius 1 is 0.723 bits per heavy atom. The highest BCUT2D eigenvalue weighted by molar-refractivity contribution is 7.88. The second-order valence-electron chi connectivity index (χ2n) is 16.9. The van der Waals surface area contributed by atoms with Gasteiger partial charge in [-0.25, -0.2) is 0 Å². The molecule has 0 bridgehead atoms. The van der Waals surface area contributed by atoms with Crippen LogP contribution < -0.4 is 29.3 Å². The van der Waals surface area contributed by atoms with E-state index in [9.17, 15) is 33.0 Å². The number of rotatable bonds is 13. The number of hydrogen-bond acceptors (Lipinski definition) is 12. The molecule has 3 unspecified atom stereocenters. The van der Waals surface area contributed by atoms with E-state index in [1.807, 2.05) is 61.5 Å². The maximum Gasteiger partial charge on any atom is 0.279 e. The SMILES string of the molecule is COc1cc2c(cc1OCc1cc(COc3cc4c(cc3C)C(=O)N3c5ccccc5C[C@H]3C(O)C4)cc(NC(=O)C(CCS)S(=O)(=O)OC)c1)CC(O)[C@@H]1Cc3ccccc3N1C2=O. The fraction of sp³-hybridized carbons (Fsp3) is 0.327. The van der Waals surface area contributed by atoms with Crippen LogP contribution in [0.2, 0.25) is 0 Å². The number of para-hydroxylation sites is 2. The molecular weight excluding hydrogens is 871 g/mol. The van der Waals surface area contributed by atoms with Crippen molar-refractivity contribution in [3.8, 4) is 17.2 Å². The lowest BCUT2D eigenvalue weighted by Crippen LogP contribution is -2.43. The molecule has 0 spiro atoms. The van der Waals surface area contributed by atoms with Crippen LogP contribution in [0.3, 0.4) is 0 Å². The Morgan fingerprint density at radius 3 is 1.78 bits per heavy atom. The van der Waals surface area contributed by atoms with Crippen LogP contribution in [0, 0.1) is 6.92 Å². The van der Waals surface area contributed by atoms with E-state index in [1.54, 1.807) is 46.2 Å². The third-order valence-electron chi connectivity index (χ3n) is 12.8. The molecular formula is C49H49N3O11S2. The van der Waals surface area contributed by atoms with E-state index in [4.69, 9.17) is 18.4 Å². The van der Waals surface area contributed by atoms with Crippen LogP contribution in [-0.2, 0) is 58.0 Å². The summed E-state index contributed by atoms with van der Waals surface area (Å²) >= 11 is 4.17. The van der Waals surface area contributed by atoms with Gasteiger partial charge in [-0.05, 0) is 125 Å². The minimum atomic E-state index is -4.26. The van der Waals surface area contributed by atoms with Gasteiger partial charge >= 0.3 is 0 Å². The number of aryl methyl sites for hydroxylation is 1. The molecule has 0 saturated carbocycles. The molecule has 0 fully saturated rings. The first kappa shape index (κ1) is 44.3. The quantitative estimate of drug-likeness (QED) is 0.0836. The largest absolute Gasteiger partial charge is 0.493 e. The zero-order valence-electron chi connectivity index (χ0n) is 36.0. The molecule has 338 valence electrons. The van der Waals surface area contributed by atoms with Crippen LogP contribution in [0.1, 0.15) is 66.1 Å². The minimum absolute atomic E-state index is 0.00559. The van der Waals surface area contributed by atoms with Crippen LogP contribution in [0.4, 0.5) is 17.1 Å². The average Bonchev–Trinajstić information content (AvgIpc) is 3.84. The third kappa shape index (κ3) is 8.33. The highest BCUT2D eigenvalue weighted by atomic mass is 32.2. The van der Waals surface area contributed by atoms with E-state index >= 15 is 0 Å². The van der Waals surface area contributed by atoms with Crippen molar-refractivity contribution in [1.82, 2.24) is 0 Å². The minimum Gasteiger partial charge on any atom is -0.493 e. The standard InChI is InChI=1S/C49H49N3O11S2/c1-27-14-35-32(20-41(53)39-18-30-8-4-6-10-37(30)51(39)48(35)56)22-43(27)62-25-28-15-29(17-34(16-28)50-47(55)46(12-13-64)65(58,59)61-3)26-63-45-23-33-21-42(54)40-19-31-9-5-7-11-38(31)52(40)49(57)36(33)24-44(45)60-2/h4-11,14-17,22-24,39-42,46,53-54,64H,12-13,18-21,25-26H2,1-3H3,(H,50,55)/t39-,40-,41?,42?,46?/m0/s1. The Kier molecular flexibility index (Phi) is 12.1. The predicted octanol–water partition coefficient (Wildman–Crippen LogP) is 5.74. The fourth-order valence-electron chi connectivity index (χ4n) is 9.63. The number of carbonyl (C=O) groups excluding carboxylic acids is 3. The smallest absolute Gasteiger partial charge is 0.279 e. The first-order valence-electron chi connectivity index (χ1n) is 21.4. The molecule has 14 nitrogen and oxygen atoms in total. The zero-order valence-corrected chi connectivity index (χ0v) is 37.7. The van der Waals surface area contributed by atoms with E-state index in [0.717, 1.165) is 29.6 Å². The molecule has 0 aromatic heterocycles. The number of hydrogen-bond donors (Lipinski definition) is 4. The Balaban J connectivity index is 0.997. The molecule has 4 heterocycles. The molecule has 65 heavy (non-hydrogen) atoms. The van der Waals surface area contributed by atoms with E-state index < -0.39 is 45.6 Å². The zero-order chi connectivity index (χ0) is 45.7. The Hall–Kier alpha value is -5.91. The summed E-state index contributed by atoms with van der Waals surface area (Å²) < 4.78 is 48.8. The van der Waals surface area contributed by atoms with E-state index in [2.05, 4.69) is 17.9 Å². The molecule has 5 atom stereocenters. The van der Waals surface area contributed by atoms with Crippen molar-refractivity contribution in [3.63, 3.8) is 0 Å². The number of amides is 3. The maximum atomic E-state index is 14.1. The van der Waals surface area contributed by atoms with E-state index in [-0.39, 0.29) is 55.7 Å². The van der Waals surface area contributed by atoms with Gasteiger partial charge < -0.3 is 39.5 Å². The van der Waals surface area contributed by atoms with Crippen LogP contribution in [0.5, 0.6) is 17.2 Å². The Morgan fingerprint density at radius 2 is 1.25 bits per heavy atom. The summed E-state index contributed by atoms with van der Waals surface area (Å²) in [5.74, 6) is 0.000749. The highest BCUT2D eigenvalue weighted by Crippen LogP contribution is 2.42. The number of benzene rings is 5. The third-order valence-corrected chi connectivity index (χ3v) is 14.7. The lowest BCUT2D eigenvalue weighted by atomic mass is 9.96. The summed E-state index contributed by atoms with van der Waals surface area (Å²) in [5.41, 5.74) is 7.88. The van der Waals surface area contributed by atoms with Crippen molar-refractivity contribution >= 4 is 57.5 Å². The van der Waals surface area contributed by atoms with Gasteiger partial charge in [-0.3, -0.25) is 18.6 Å². The molecule has 16 heteroatoms. The number of ether oxygens (including phenoxy) is 3. The molecule has 0 saturated heterocycles. The number of nitrogens with one attached hydrogen (secondary N) is 1. The lowest BCUT2D eigenvalue weighted by Gasteiger charge is -2.26. The Labute approximate surface area is 382 Å². The fourth-order valence-corrected chi connectivity index (χ4v) is 11.0. The summed E-state index contributed by atoms with van der Waals surface area (Å²) in [6, 6.07) is 26.6. The first-order valence-corrected chi connectivity index (χ1v) is 23.5. The number of methoxy groups -OCH3 is 1. The highest BCUT2D eigenvalue weighted by Gasteiger charge is 2.43. The van der Waals surface area contributed by atoms with Crippen LogP contribution in [-0.4, -0.2) is 85.9 Å². The molecule has 0 aliphatic carbocycles. The van der Waals surface area contributed by atoms with Gasteiger partial charge in [0.2, 0.25) is 5.91 Å². The van der Waals surface area contributed by atoms with Gasteiger partial charge in [0.25, 0.3) is 21.9 Å². The number of anilines is 3. The molecule has 4 aliphatic heterocycles. The number of carbonyl (C=O) groups is 3. The molecule has 5 aromatic rings. The predicted molar refractivity (Wildman–Crippen MR) is 247 cm³/mol. The van der Waals surface area contributed by atoms with Gasteiger partial charge in [0, 0.05) is 41.0 Å². The number of thiol groups is 1. The van der Waals surface area contributed by atoms with Gasteiger partial charge in [-0.1, -0.05) is 36.4 Å². The Bertz CT molecular complexity index is 2830. The second kappa shape index (κ2) is 17.8. The monoisotopic (exact) mass is 919 g/mol. The summed E-state index contributed by atoms with van der Waals surface area (Å²) in [7, 11) is -1.78. The van der Waals surface area contributed by atoms with Gasteiger partial charge in [-0.15, -0.1) is 0 Å². The summed E-state index contributed by atoms with van der Waals surface area (Å²) in [6.45, 7) is 1.78. The van der Waals surface area contributed by atoms with E-state index in [0.29, 0.717) is 69.0 Å². The van der Waals surface area contributed by atoms with Crippen molar-refractivity contribution in [2.45, 2.75) is 81.8 Å². The first-order chi connectivity index (χ1) is 31.3. The molecule has 3 N–H and O–H groups in total. The summed E-state index contributed by atoms with van der Waals surface area (Å²) in [6.07, 6.45) is -0.190. The van der Waals surface area contributed by atoms with Crippen LogP contribution in [0.15, 0.2) is 91.0 Å². The lowest BCUT2D eigenvalue weighted by molar-refractivity contribution is -0.116. The van der Waals surface area contributed by atoms with Gasteiger partial charge in [0.05, 0.1) is 38.5 Å². The van der Waals surface area contributed by atoms with Gasteiger partial charge in [0.1, 0.15) is 19.0 Å². The number of fused-ring (bicyclic) bond motifs is 8.